The van der Waals surface area contributed by atoms with E-state index in [4.69, 9.17) is 0 Å². The summed E-state index contributed by atoms with van der Waals surface area (Å²) in [6.07, 6.45) is 7.86. The van der Waals surface area contributed by atoms with E-state index >= 15 is 0 Å². The molecule has 32 heavy (non-hydrogen) atoms. The molecule has 2 atom stereocenters. The third-order valence-corrected chi connectivity index (χ3v) is 5.89. The second-order valence-corrected chi connectivity index (χ2v) is 8.46. The Labute approximate surface area is 190 Å². The third kappa shape index (κ3) is 5.89. The van der Waals surface area contributed by atoms with Gasteiger partial charge in [0.05, 0.1) is 11.7 Å². The summed E-state index contributed by atoms with van der Waals surface area (Å²) in [6, 6.07) is 21.6. The van der Waals surface area contributed by atoms with E-state index in [9.17, 15) is 4.79 Å². The Morgan fingerprint density at radius 3 is 2.53 bits per heavy atom. The predicted molar refractivity (Wildman–Crippen MR) is 128 cm³/mol. The topological polar surface area (TPSA) is 58.1 Å². The van der Waals surface area contributed by atoms with Gasteiger partial charge in [-0.2, -0.15) is 0 Å². The average molecular weight is 427 g/mol. The molecule has 5 heteroatoms. The fraction of sp³-hybridized carbons (Fsp3) is 0.296. The van der Waals surface area contributed by atoms with Crippen LogP contribution in [0, 0.1) is 5.92 Å². The third-order valence-electron chi connectivity index (χ3n) is 5.89. The zero-order chi connectivity index (χ0) is 22.2. The molecule has 5 nitrogen and oxygen atoms in total. The minimum atomic E-state index is -0.154. The lowest BCUT2D eigenvalue weighted by Gasteiger charge is -2.37. The maximum atomic E-state index is 12.9. The van der Waals surface area contributed by atoms with Crippen molar-refractivity contribution in [3.8, 4) is 0 Å². The Kier molecular flexibility index (Phi) is 7.41. The molecule has 1 amide bonds. The van der Waals surface area contributed by atoms with Crippen molar-refractivity contribution >= 4 is 12.0 Å². The first-order valence-electron chi connectivity index (χ1n) is 11.3. The normalized spacial score (nSPS) is 18.2. The van der Waals surface area contributed by atoms with E-state index < -0.39 is 0 Å². The van der Waals surface area contributed by atoms with Gasteiger partial charge in [-0.25, -0.2) is 0 Å². The van der Waals surface area contributed by atoms with E-state index in [2.05, 4.69) is 57.4 Å². The first-order chi connectivity index (χ1) is 15.7. The Hall–Kier alpha value is -3.31. The molecule has 1 aliphatic heterocycles. The summed E-state index contributed by atoms with van der Waals surface area (Å²) >= 11 is 0. The van der Waals surface area contributed by atoms with Crippen molar-refractivity contribution in [2.24, 2.45) is 5.92 Å². The highest BCUT2D eigenvalue weighted by atomic mass is 16.1. The first kappa shape index (κ1) is 21.9. The van der Waals surface area contributed by atoms with E-state index in [1.54, 1.807) is 18.5 Å². The molecule has 2 aromatic heterocycles. The number of benzene rings is 1. The first-order valence-corrected chi connectivity index (χ1v) is 11.3. The minimum absolute atomic E-state index is 0.146. The molecule has 0 bridgehead atoms. The summed E-state index contributed by atoms with van der Waals surface area (Å²) in [5.41, 5.74) is 3.90. The van der Waals surface area contributed by atoms with Crippen LogP contribution in [0.1, 0.15) is 47.6 Å². The monoisotopic (exact) mass is 426 g/mol. The van der Waals surface area contributed by atoms with Crippen LogP contribution in [0.2, 0.25) is 0 Å². The van der Waals surface area contributed by atoms with Gasteiger partial charge < -0.3 is 5.32 Å². The number of hydrogen-bond donors (Lipinski definition) is 1. The number of pyridine rings is 2. The maximum absolute atomic E-state index is 12.9. The number of hydrogen-bond acceptors (Lipinski definition) is 4. The van der Waals surface area contributed by atoms with E-state index in [-0.39, 0.29) is 17.9 Å². The maximum Gasteiger partial charge on any atom is 0.270 e. The molecule has 0 radical (unpaired) electrons. The minimum Gasteiger partial charge on any atom is -0.342 e. The Morgan fingerprint density at radius 1 is 1.06 bits per heavy atom. The average Bonchev–Trinajstić information content (AvgIpc) is 2.84. The van der Waals surface area contributed by atoms with Gasteiger partial charge in [-0.3, -0.25) is 19.7 Å². The van der Waals surface area contributed by atoms with Crippen LogP contribution in [-0.2, 0) is 0 Å². The van der Waals surface area contributed by atoms with Crippen LogP contribution in [0.4, 0.5) is 0 Å². The highest BCUT2D eigenvalue weighted by molar-refractivity contribution is 5.92. The van der Waals surface area contributed by atoms with E-state index in [0.29, 0.717) is 5.69 Å². The lowest BCUT2D eigenvalue weighted by atomic mass is 9.88. The highest BCUT2D eigenvalue weighted by Crippen LogP contribution is 2.29. The van der Waals surface area contributed by atoms with Crippen LogP contribution in [-0.4, -0.2) is 40.4 Å². The molecule has 1 aromatic carbocycles. The van der Waals surface area contributed by atoms with Crippen molar-refractivity contribution in [2.45, 2.75) is 25.8 Å². The van der Waals surface area contributed by atoms with E-state index in [1.165, 1.54) is 11.1 Å². The van der Waals surface area contributed by atoms with Crippen LogP contribution in [0.15, 0.2) is 84.7 Å². The van der Waals surface area contributed by atoms with Gasteiger partial charge in [0.15, 0.2) is 0 Å². The quantitative estimate of drug-likeness (QED) is 0.592. The molecule has 0 aliphatic carbocycles. The molecule has 3 aromatic rings. The van der Waals surface area contributed by atoms with Crippen molar-refractivity contribution in [1.29, 1.82) is 0 Å². The van der Waals surface area contributed by atoms with Crippen molar-refractivity contribution < 1.29 is 4.79 Å². The molecule has 2 unspecified atom stereocenters. The van der Waals surface area contributed by atoms with Crippen LogP contribution in [0.25, 0.3) is 6.08 Å². The van der Waals surface area contributed by atoms with Crippen LogP contribution in [0.3, 0.4) is 0 Å². The Bertz CT molecular complexity index is 1020. The number of likely N-dealkylation sites (tertiary alicyclic amines) is 1. The van der Waals surface area contributed by atoms with E-state index in [0.717, 1.165) is 38.2 Å². The zero-order valence-electron chi connectivity index (χ0n) is 18.5. The summed E-state index contributed by atoms with van der Waals surface area (Å²) in [5, 5.41) is 3.23. The number of carbonyl (C=O) groups is 1. The molecule has 0 saturated carbocycles. The van der Waals surface area contributed by atoms with Crippen molar-refractivity contribution in [3.63, 3.8) is 0 Å². The van der Waals surface area contributed by atoms with Crippen molar-refractivity contribution in [1.82, 2.24) is 20.2 Å². The number of nitrogens with one attached hydrogen (secondary N) is 1. The van der Waals surface area contributed by atoms with E-state index in [1.807, 2.05) is 36.4 Å². The second-order valence-electron chi connectivity index (χ2n) is 8.46. The largest absolute Gasteiger partial charge is 0.342 e. The summed E-state index contributed by atoms with van der Waals surface area (Å²) in [5.74, 6) is 0.134. The standard InChI is InChI=1S/C27H30N4O/c1-21(18-22-10-3-2-4-11-22)19-31-17-9-12-23(20-31)26(24-13-5-7-15-28-24)30-27(32)25-14-6-8-16-29-25/h2-8,10-11,13-16,18,23,26H,9,12,17,19-20H2,1H3,(H,30,32). The number of amides is 1. The summed E-state index contributed by atoms with van der Waals surface area (Å²) in [7, 11) is 0. The van der Waals surface area contributed by atoms with Gasteiger partial charge in [-0.05, 0) is 62.1 Å². The van der Waals surface area contributed by atoms with Gasteiger partial charge in [0.25, 0.3) is 5.91 Å². The molecule has 0 spiro atoms. The van der Waals surface area contributed by atoms with Gasteiger partial charge in [0.2, 0.25) is 0 Å². The fourth-order valence-electron chi connectivity index (χ4n) is 4.44. The van der Waals surface area contributed by atoms with Crippen LogP contribution >= 0.6 is 0 Å². The van der Waals surface area contributed by atoms with Crippen molar-refractivity contribution in [2.75, 3.05) is 19.6 Å². The molecule has 1 aliphatic rings. The number of rotatable bonds is 7. The second kappa shape index (κ2) is 10.8. The fourth-order valence-corrected chi connectivity index (χ4v) is 4.44. The molecular formula is C27H30N4O. The van der Waals surface area contributed by atoms with Crippen molar-refractivity contribution in [3.05, 3.63) is 102 Å². The van der Waals surface area contributed by atoms with Gasteiger partial charge in [-0.1, -0.05) is 54.1 Å². The van der Waals surface area contributed by atoms with Gasteiger partial charge in [0, 0.05) is 25.5 Å². The summed E-state index contributed by atoms with van der Waals surface area (Å²) in [6.45, 7) is 5.10. The molecular weight excluding hydrogens is 396 g/mol. The number of piperidine rings is 1. The highest BCUT2D eigenvalue weighted by Gasteiger charge is 2.30. The lowest BCUT2D eigenvalue weighted by molar-refractivity contribution is 0.0880. The predicted octanol–water partition coefficient (Wildman–Crippen LogP) is 4.76. The molecule has 1 fully saturated rings. The molecule has 4 rings (SSSR count). The number of carbonyl (C=O) groups excluding carboxylic acids is 1. The SMILES string of the molecule is CC(=Cc1ccccc1)CN1CCCC(C(NC(=O)c2ccccn2)c2ccccn2)C1. The van der Waals surface area contributed by atoms with Crippen LogP contribution in [0.5, 0.6) is 0 Å². The smallest absolute Gasteiger partial charge is 0.270 e. The molecule has 1 N–H and O–H groups in total. The summed E-state index contributed by atoms with van der Waals surface area (Å²) in [4.78, 5) is 24.2. The summed E-state index contributed by atoms with van der Waals surface area (Å²) < 4.78 is 0. The van der Waals surface area contributed by atoms with Gasteiger partial charge >= 0.3 is 0 Å². The number of nitrogens with zero attached hydrogens (tertiary/aromatic N) is 3. The van der Waals surface area contributed by atoms with Crippen LogP contribution < -0.4 is 5.32 Å². The number of aromatic nitrogens is 2. The van der Waals surface area contributed by atoms with Gasteiger partial charge in [0.1, 0.15) is 5.69 Å². The lowest BCUT2D eigenvalue weighted by Crippen LogP contribution is -2.43. The Morgan fingerprint density at radius 2 is 1.81 bits per heavy atom. The molecule has 164 valence electrons. The zero-order valence-corrected chi connectivity index (χ0v) is 18.5. The molecule has 3 heterocycles. The Balaban J connectivity index is 1.48. The van der Waals surface area contributed by atoms with Gasteiger partial charge in [-0.15, -0.1) is 0 Å². The molecule has 1 saturated heterocycles.